The molecule has 0 saturated carbocycles. The molecule has 140 valence electrons. The van der Waals surface area contributed by atoms with Crippen LogP contribution in [0.25, 0.3) is 10.2 Å². The number of rotatable bonds is 3. The van der Waals surface area contributed by atoms with Crippen LogP contribution in [0.4, 0.5) is 11.6 Å². The molecule has 1 saturated heterocycles. The van der Waals surface area contributed by atoms with Crippen LogP contribution in [0.3, 0.4) is 0 Å². The molecule has 0 radical (unpaired) electrons. The van der Waals surface area contributed by atoms with Gasteiger partial charge < -0.3 is 14.5 Å². The van der Waals surface area contributed by atoms with E-state index < -0.39 is 5.97 Å². The van der Waals surface area contributed by atoms with Gasteiger partial charge in [-0.3, -0.25) is 9.36 Å². The summed E-state index contributed by atoms with van der Waals surface area (Å²) >= 11 is 1.42. The van der Waals surface area contributed by atoms with Crippen molar-refractivity contribution in [2.75, 3.05) is 43.1 Å². The lowest BCUT2D eigenvalue weighted by atomic mass is 10.2. The summed E-state index contributed by atoms with van der Waals surface area (Å²) in [6.07, 6.45) is 1.69. The molecule has 0 aromatic carbocycles. The number of nitrogens with zero attached hydrogens (tertiary/aromatic N) is 5. The lowest BCUT2D eigenvalue weighted by Gasteiger charge is -2.36. The molecule has 3 aromatic rings. The van der Waals surface area contributed by atoms with Crippen molar-refractivity contribution < 1.29 is 9.53 Å². The molecule has 0 aliphatic carbocycles. The Morgan fingerprint density at radius 3 is 2.56 bits per heavy atom. The summed E-state index contributed by atoms with van der Waals surface area (Å²) in [5.74, 6) is 0.256. The first-order valence-electron chi connectivity index (χ1n) is 8.57. The maximum atomic E-state index is 12.5. The van der Waals surface area contributed by atoms with Gasteiger partial charge >= 0.3 is 5.97 Å². The Bertz CT molecular complexity index is 1040. The summed E-state index contributed by atoms with van der Waals surface area (Å²) in [5.41, 5.74) is 2.00. The van der Waals surface area contributed by atoms with E-state index in [9.17, 15) is 9.59 Å². The number of thiophene rings is 1. The molecule has 0 N–H and O–H groups in total. The van der Waals surface area contributed by atoms with Crippen molar-refractivity contribution in [3.8, 4) is 0 Å². The standard InChI is InChI=1S/C18H19N5O3S/c1-21-16(24)15-13(5-10-27-15)20-18(21)23-8-6-22(7-9-23)12-3-4-14(19-11-12)17(25)26-2/h3-5,10-11H,6-9H2,1-2H3. The van der Waals surface area contributed by atoms with Crippen molar-refractivity contribution >= 4 is 39.2 Å². The van der Waals surface area contributed by atoms with Gasteiger partial charge in [-0.25, -0.2) is 14.8 Å². The molecule has 4 heterocycles. The molecule has 1 aliphatic rings. The van der Waals surface area contributed by atoms with Crippen LogP contribution in [-0.2, 0) is 11.8 Å². The molecule has 27 heavy (non-hydrogen) atoms. The number of hydrogen-bond donors (Lipinski definition) is 0. The van der Waals surface area contributed by atoms with Gasteiger partial charge in [-0.1, -0.05) is 0 Å². The van der Waals surface area contributed by atoms with E-state index in [4.69, 9.17) is 0 Å². The summed E-state index contributed by atoms with van der Waals surface area (Å²) in [4.78, 5) is 37.2. The number of pyridine rings is 1. The maximum Gasteiger partial charge on any atom is 0.356 e. The van der Waals surface area contributed by atoms with E-state index in [0.717, 1.165) is 37.4 Å². The second-order valence-corrected chi connectivity index (χ2v) is 7.19. The van der Waals surface area contributed by atoms with Crippen LogP contribution in [-0.4, -0.2) is 53.8 Å². The highest BCUT2D eigenvalue weighted by molar-refractivity contribution is 7.17. The SMILES string of the molecule is COC(=O)c1ccc(N2CCN(c3nc4ccsc4c(=O)n3C)CC2)cn1. The highest BCUT2D eigenvalue weighted by Crippen LogP contribution is 2.21. The highest BCUT2D eigenvalue weighted by Gasteiger charge is 2.22. The first-order valence-corrected chi connectivity index (χ1v) is 9.45. The quantitative estimate of drug-likeness (QED) is 0.632. The molecule has 1 aliphatic heterocycles. The largest absolute Gasteiger partial charge is 0.464 e. The Hall–Kier alpha value is -2.94. The van der Waals surface area contributed by atoms with E-state index in [2.05, 4.69) is 24.5 Å². The minimum atomic E-state index is -0.442. The molecular formula is C18H19N5O3S. The molecule has 0 unspecified atom stereocenters. The van der Waals surface area contributed by atoms with Crippen LogP contribution in [0.5, 0.6) is 0 Å². The number of methoxy groups -OCH3 is 1. The van der Waals surface area contributed by atoms with Crippen molar-refractivity contribution in [2.45, 2.75) is 0 Å². The van der Waals surface area contributed by atoms with E-state index in [0.29, 0.717) is 16.3 Å². The van der Waals surface area contributed by atoms with Crippen molar-refractivity contribution in [1.29, 1.82) is 0 Å². The average Bonchev–Trinajstić information content (AvgIpc) is 3.19. The second kappa shape index (κ2) is 6.99. The van der Waals surface area contributed by atoms with Gasteiger partial charge in [0.05, 0.1) is 24.5 Å². The average molecular weight is 385 g/mol. The first kappa shape index (κ1) is 17.5. The lowest BCUT2D eigenvalue weighted by molar-refractivity contribution is 0.0594. The zero-order valence-corrected chi connectivity index (χ0v) is 15.9. The fourth-order valence-electron chi connectivity index (χ4n) is 3.22. The molecule has 0 amide bonds. The number of aromatic nitrogens is 3. The van der Waals surface area contributed by atoms with Gasteiger partial charge in [0.15, 0.2) is 0 Å². The molecule has 0 spiro atoms. The van der Waals surface area contributed by atoms with Crippen LogP contribution >= 0.6 is 11.3 Å². The smallest absolute Gasteiger partial charge is 0.356 e. The van der Waals surface area contributed by atoms with Crippen LogP contribution in [0.1, 0.15) is 10.5 Å². The normalized spacial score (nSPS) is 14.6. The number of ether oxygens (including phenoxy) is 1. The second-order valence-electron chi connectivity index (χ2n) is 6.28. The Morgan fingerprint density at radius 2 is 1.89 bits per heavy atom. The maximum absolute atomic E-state index is 12.5. The van der Waals surface area contributed by atoms with Gasteiger partial charge in [0, 0.05) is 33.2 Å². The van der Waals surface area contributed by atoms with E-state index in [1.807, 2.05) is 17.5 Å². The molecule has 4 rings (SSSR count). The van der Waals surface area contributed by atoms with Crippen molar-refractivity contribution in [3.05, 3.63) is 45.8 Å². The fourth-order valence-corrected chi connectivity index (χ4v) is 4.03. The van der Waals surface area contributed by atoms with Crippen molar-refractivity contribution in [1.82, 2.24) is 14.5 Å². The first-order chi connectivity index (χ1) is 13.1. The van der Waals surface area contributed by atoms with Crippen LogP contribution in [0.15, 0.2) is 34.6 Å². The van der Waals surface area contributed by atoms with Gasteiger partial charge in [0.25, 0.3) is 5.56 Å². The summed E-state index contributed by atoms with van der Waals surface area (Å²) in [5, 5.41) is 1.89. The topological polar surface area (TPSA) is 80.6 Å². The monoisotopic (exact) mass is 385 g/mol. The number of fused-ring (bicyclic) bond motifs is 1. The zero-order valence-electron chi connectivity index (χ0n) is 15.1. The summed E-state index contributed by atoms with van der Waals surface area (Å²) in [7, 11) is 3.11. The number of hydrogen-bond acceptors (Lipinski definition) is 8. The number of anilines is 2. The predicted octanol–water partition coefficient (Wildman–Crippen LogP) is 1.50. The number of carbonyl (C=O) groups excluding carboxylic acids is 1. The third-order valence-corrected chi connectivity index (χ3v) is 5.63. The molecule has 9 heteroatoms. The number of piperazine rings is 1. The molecule has 3 aromatic heterocycles. The zero-order chi connectivity index (χ0) is 19.0. The van der Waals surface area contributed by atoms with E-state index in [1.54, 1.807) is 23.9 Å². The molecule has 1 fully saturated rings. The van der Waals surface area contributed by atoms with Gasteiger partial charge in [0.2, 0.25) is 5.95 Å². The highest BCUT2D eigenvalue weighted by atomic mass is 32.1. The minimum absolute atomic E-state index is 0.00460. The Kier molecular flexibility index (Phi) is 4.53. The van der Waals surface area contributed by atoms with Crippen LogP contribution in [0, 0.1) is 0 Å². The molecule has 0 atom stereocenters. The van der Waals surface area contributed by atoms with Gasteiger partial charge in [0.1, 0.15) is 10.4 Å². The molecule has 0 bridgehead atoms. The Morgan fingerprint density at radius 1 is 1.15 bits per heavy atom. The molecular weight excluding hydrogens is 366 g/mol. The van der Waals surface area contributed by atoms with Gasteiger partial charge in [-0.15, -0.1) is 11.3 Å². The Balaban J connectivity index is 1.50. The minimum Gasteiger partial charge on any atom is -0.464 e. The van der Waals surface area contributed by atoms with Crippen LogP contribution < -0.4 is 15.4 Å². The summed E-state index contributed by atoms with van der Waals surface area (Å²) in [6, 6.07) is 5.43. The lowest BCUT2D eigenvalue weighted by Crippen LogP contribution is -2.48. The van der Waals surface area contributed by atoms with E-state index in [1.165, 1.54) is 18.4 Å². The third-order valence-electron chi connectivity index (χ3n) is 4.73. The van der Waals surface area contributed by atoms with E-state index >= 15 is 0 Å². The van der Waals surface area contributed by atoms with Crippen molar-refractivity contribution in [3.63, 3.8) is 0 Å². The third kappa shape index (κ3) is 3.14. The fraction of sp³-hybridized carbons (Fsp3) is 0.333. The number of esters is 1. The summed E-state index contributed by atoms with van der Waals surface area (Å²) in [6.45, 7) is 3.04. The summed E-state index contributed by atoms with van der Waals surface area (Å²) < 4.78 is 6.99. The molecule has 8 nitrogen and oxygen atoms in total. The van der Waals surface area contributed by atoms with Crippen molar-refractivity contribution in [2.24, 2.45) is 7.05 Å². The van der Waals surface area contributed by atoms with Crippen LogP contribution in [0.2, 0.25) is 0 Å². The van der Waals surface area contributed by atoms with E-state index in [-0.39, 0.29) is 5.56 Å². The predicted molar refractivity (Wildman–Crippen MR) is 105 cm³/mol. The van der Waals surface area contributed by atoms with Gasteiger partial charge in [-0.05, 0) is 23.6 Å². The van der Waals surface area contributed by atoms with Gasteiger partial charge in [-0.2, -0.15) is 0 Å². The Labute approximate surface area is 159 Å². The number of carbonyl (C=O) groups is 1.